The van der Waals surface area contributed by atoms with Crippen LogP contribution in [0.15, 0.2) is 65.5 Å². The molecule has 0 aliphatic carbocycles. The van der Waals surface area contributed by atoms with Crippen LogP contribution in [0.5, 0.6) is 5.75 Å². The van der Waals surface area contributed by atoms with E-state index in [1.54, 1.807) is 19.4 Å². The fourth-order valence-corrected chi connectivity index (χ4v) is 3.92. The van der Waals surface area contributed by atoms with Crippen LogP contribution in [-0.4, -0.2) is 37.6 Å². The Labute approximate surface area is 193 Å². The maximum absolute atomic E-state index is 13.5. The Morgan fingerprint density at radius 1 is 1.12 bits per heavy atom. The minimum atomic E-state index is -0.367. The summed E-state index contributed by atoms with van der Waals surface area (Å²) in [6, 6.07) is 14.9. The summed E-state index contributed by atoms with van der Waals surface area (Å²) in [5.74, 6) is 0.321. The first-order valence-electron chi connectivity index (χ1n) is 10.1. The topological polar surface area (TPSA) is 95.9 Å². The molecule has 9 heteroatoms. The van der Waals surface area contributed by atoms with Gasteiger partial charge in [-0.1, -0.05) is 23.7 Å². The zero-order chi connectivity index (χ0) is 22.9. The van der Waals surface area contributed by atoms with Crippen LogP contribution in [0.1, 0.15) is 27.5 Å². The van der Waals surface area contributed by atoms with Crippen molar-refractivity contribution in [2.75, 3.05) is 7.11 Å². The van der Waals surface area contributed by atoms with Crippen LogP contribution < -0.4 is 4.74 Å². The van der Waals surface area contributed by atoms with E-state index in [9.17, 15) is 4.79 Å². The highest BCUT2D eigenvalue weighted by molar-refractivity contribution is 6.30. The van der Waals surface area contributed by atoms with E-state index < -0.39 is 0 Å². The van der Waals surface area contributed by atoms with Gasteiger partial charge in [0.1, 0.15) is 17.8 Å². The summed E-state index contributed by atoms with van der Waals surface area (Å²) in [5.41, 5.74) is 3.65. The van der Waals surface area contributed by atoms with Gasteiger partial charge in [0.15, 0.2) is 0 Å². The van der Waals surface area contributed by atoms with Crippen LogP contribution in [0, 0.1) is 6.92 Å². The molecule has 0 bridgehead atoms. The van der Waals surface area contributed by atoms with Crippen LogP contribution >= 0.6 is 11.6 Å². The van der Waals surface area contributed by atoms with Crippen molar-refractivity contribution in [2.45, 2.75) is 13.5 Å². The van der Waals surface area contributed by atoms with E-state index in [0.717, 1.165) is 22.2 Å². The van der Waals surface area contributed by atoms with Crippen LogP contribution in [0.4, 0.5) is 0 Å². The molecule has 0 fully saturated rings. The van der Waals surface area contributed by atoms with Gasteiger partial charge in [-0.3, -0.25) is 4.79 Å². The van der Waals surface area contributed by atoms with Crippen molar-refractivity contribution < 1.29 is 13.9 Å². The molecule has 5 aromatic rings. The maximum atomic E-state index is 13.5. The number of ketones is 1. The molecule has 0 atom stereocenters. The molecule has 0 aliphatic rings. The van der Waals surface area contributed by atoms with E-state index in [-0.39, 0.29) is 17.6 Å². The summed E-state index contributed by atoms with van der Waals surface area (Å²) in [4.78, 5) is 21.5. The van der Waals surface area contributed by atoms with Gasteiger partial charge in [-0.05, 0) is 48.9 Å². The number of halogens is 1. The number of carbonyl (C=O) groups excluding carboxylic acids is 1. The summed E-state index contributed by atoms with van der Waals surface area (Å²) in [5, 5.41) is 9.38. The first-order chi connectivity index (χ1) is 16.0. The predicted octanol–water partition coefficient (Wildman–Crippen LogP) is 4.73. The molecule has 0 saturated heterocycles. The Kier molecular flexibility index (Phi) is 5.35. The summed E-state index contributed by atoms with van der Waals surface area (Å²) < 4.78 is 13.2. The normalized spacial score (nSPS) is 11.1. The molecule has 2 aromatic carbocycles. The molecular weight excluding hydrogens is 442 g/mol. The van der Waals surface area contributed by atoms with Crippen molar-refractivity contribution in [3.63, 3.8) is 0 Å². The lowest BCUT2D eigenvalue weighted by molar-refractivity contribution is 0.100. The lowest BCUT2D eigenvalue weighted by atomic mass is 10.1. The molecule has 3 heterocycles. The zero-order valence-corrected chi connectivity index (χ0v) is 18.6. The molecule has 0 spiro atoms. The monoisotopic (exact) mass is 459 g/mol. The number of carbonyl (C=O) groups is 1. The third-order valence-corrected chi connectivity index (χ3v) is 5.68. The number of fused-ring (bicyclic) bond motifs is 1. The highest BCUT2D eigenvalue weighted by Crippen LogP contribution is 2.32. The Bertz CT molecular complexity index is 1460. The van der Waals surface area contributed by atoms with Gasteiger partial charge in [-0.15, -0.1) is 10.2 Å². The Balaban J connectivity index is 1.61. The molecule has 0 N–H and O–H groups in total. The highest BCUT2D eigenvalue weighted by atomic mass is 35.5. The number of hydrogen-bond donors (Lipinski definition) is 0. The van der Waals surface area contributed by atoms with Crippen LogP contribution in [0.3, 0.4) is 0 Å². The minimum absolute atomic E-state index is 0.111. The fourth-order valence-electron chi connectivity index (χ4n) is 3.79. The van der Waals surface area contributed by atoms with E-state index in [1.807, 2.05) is 49.4 Å². The highest BCUT2D eigenvalue weighted by Gasteiger charge is 2.26. The number of nitrogens with zero attached hydrogens (tertiary/aromatic N) is 5. The minimum Gasteiger partial charge on any atom is -0.497 e. The zero-order valence-electron chi connectivity index (χ0n) is 17.8. The molecule has 33 heavy (non-hydrogen) atoms. The molecule has 0 unspecified atom stereocenters. The van der Waals surface area contributed by atoms with E-state index in [1.165, 1.54) is 6.33 Å². The van der Waals surface area contributed by atoms with Crippen LogP contribution in [0.25, 0.3) is 22.5 Å². The smallest absolute Gasteiger partial charge is 0.289 e. The van der Waals surface area contributed by atoms with Gasteiger partial charge in [-0.2, -0.15) is 0 Å². The predicted molar refractivity (Wildman–Crippen MR) is 123 cm³/mol. The summed E-state index contributed by atoms with van der Waals surface area (Å²) in [7, 11) is 1.59. The number of aromatic nitrogens is 5. The summed E-state index contributed by atoms with van der Waals surface area (Å²) in [6.07, 6.45) is 2.94. The fraction of sp³-hybridized carbons (Fsp3) is 0.125. The largest absolute Gasteiger partial charge is 0.497 e. The molecule has 0 saturated carbocycles. The third kappa shape index (κ3) is 3.85. The van der Waals surface area contributed by atoms with Gasteiger partial charge in [0, 0.05) is 34.4 Å². The number of ether oxygens (including phenoxy) is 1. The van der Waals surface area contributed by atoms with Gasteiger partial charge >= 0.3 is 0 Å². The van der Waals surface area contributed by atoms with E-state index >= 15 is 0 Å². The van der Waals surface area contributed by atoms with E-state index in [2.05, 4.69) is 24.7 Å². The molecule has 5 rings (SSSR count). The first-order valence-corrected chi connectivity index (χ1v) is 10.5. The number of rotatable bonds is 6. The molecule has 0 aliphatic heterocycles. The lowest BCUT2D eigenvalue weighted by Crippen LogP contribution is -2.06. The van der Waals surface area contributed by atoms with E-state index in [4.69, 9.17) is 20.8 Å². The Morgan fingerprint density at radius 3 is 2.67 bits per heavy atom. The quantitative estimate of drug-likeness (QED) is 0.338. The number of hydrogen-bond acceptors (Lipinski definition) is 7. The Hall–Kier alpha value is -4.04. The lowest BCUT2D eigenvalue weighted by Gasteiger charge is -2.09. The molecular formula is C24H18ClN5O3. The van der Waals surface area contributed by atoms with Crippen LogP contribution in [0.2, 0.25) is 5.02 Å². The average Bonchev–Trinajstić information content (AvgIpc) is 3.44. The van der Waals surface area contributed by atoms with Gasteiger partial charge in [0.25, 0.3) is 17.6 Å². The van der Waals surface area contributed by atoms with Gasteiger partial charge < -0.3 is 13.7 Å². The van der Waals surface area contributed by atoms with Gasteiger partial charge in [0.2, 0.25) is 0 Å². The first kappa shape index (κ1) is 20.8. The van der Waals surface area contributed by atoms with Crippen molar-refractivity contribution in [3.8, 4) is 17.3 Å². The molecule has 0 amide bonds. The van der Waals surface area contributed by atoms with Crippen molar-refractivity contribution in [2.24, 2.45) is 0 Å². The van der Waals surface area contributed by atoms with E-state index in [0.29, 0.717) is 28.6 Å². The van der Waals surface area contributed by atoms with Gasteiger partial charge in [0.05, 0.1) is 12.7 Å². The Morgan fingerprint density at radius 2 is 1.94 bits per heavy atom. The number of methoxy groups -OCH3 is 1. The summed E-state index contributed by atoms with van der Waals surface area (Å²) in [6.45, 7) is 2.46. The van der Waals surface area contributed by atoms with Crippen molar-refractivity contribution >= 4 is 28.3 Å². The summed E-state index contributed by atoms with van der Waals surface area (Å²) >= 11 is 6.04. The number of benzene rings is 2. The van der Waals surface area contributed by atoms with Crippen molar-refractivity contribution in [3.05, 3.63) is 88.8 Å². The van der Waals surface area contributed by atoms with Crippen molar-refractivity contribution in [1.82, 2.24) is 24.7 Å². The van der Waals surface area contributed by atoms with Crippen LogP contribution in [-0.2, 0) is 6.54 Å². The molecule has 8 nitrogen and oxygen atoms in total. The average molecular weight is 460 g/mol. The molecule has 0 radical (unpaired) electrons. The van der Waals surface area contributed by atoms with Crippen molar-refractivity contribution in [1.29, 1.82) is 0 Å². The standard InChI is InChI=1S/C24H18ClN5O3/c1-14-21(22(31)24-29-28-23(33-24)19-9-10-26-13-27-19)18-11-17(32-2)7-8-20(18)30(14)12-15-3-5-16(25)6-4-15/h3-11,13H,12H2,1-2H3. The molecule has 164 valence electrons. The maximum Gasteiger partial charge on any atom is 0.289 e. The SMILES string of the molecule is COc1ccc2c(c1)c(C(=O)c1nnc(-c3ccncn3)o1)c(C)n2Cc1ccc(Cl)cc1. The second kappa shape index (κ2) is 8.48. The second-order valence-electron chi connectivity index (χ2n) is 7.39. The van der Waals surface area contributed by atoms with Gasteiger partial charge in [-0.25, -0.2) is 9.97 Å². The molecule has 3 aromatic heterocycles. The third-order valence-electron chi connectivity index (χ3n) is 5.43. The second-order valence-corrected chi connectivity index (χ2v) is 7.83.